The summed E-state index contributed by atoms with van der Waals surface area (Å²) in [5, 5.41) is 24.2. The standard InChI is InChI=1S/C31H28N8O2/c1-19-24(15-23(16-37-19)38-28(40)22-8-10-35-26(13-22)30(2,3)17-32)20-6-9-34-25(12-20)21-7-11-36-27(14-21)39-29(41)31(4,5)18-33/h6-16H,1-5H3,(H,38,40)(H,36,39,41). The molecule has 2 N–H and O–H groups in total. The van der Waals surface area contributed by atoms with E-state index in [1.54, 1.807) is 56.7 Å². The third kappa shape index (κ3) is 6.40. The Hall–Kier alpha value is -5.48. The maximum atomic E-state index is 13.0. The van der Waals surface area contributed by atoms with Gasteiger partial charge in [-0.3, -0.25) is 24.5 Å². The van der Waals surface area contributed by atoms with Gasteiger partial charge in [-0.1, -0.05) is 0 Å². The van der Waals surface area contributed by atoms with Gasteiger partial charge < -0.3 is 10.6 Å². The number of carbonyl (C=O) groups is 2. The van der Waals surface area contributed by atoms with E-state index in [2.05, 4.69) is 36.6 Å². The number of nitriles is 2. The van der Waals surface area contributed by atoms with Gasteiger partial charge in [-0.25, -0.2) is 4.98 Å². The SMILES string of the molecule is Cc1ncc(NC(=O)c2ccnc(C(C)(C)C#N)c2)cc1-c1ccnc(-c2ccnc(NC(=O)C(C)(C)C#N)c2)c1. The fourth-order valence-corrected chi connectivity index (χ4v) is 3.81. The van der Waals surface area contributed by atoms with Crippen molar-refractivity contribution < 1.29 is 9.59 Å². The van der Waals surface area contributed by atoms with E-state index in [9.17, 15) is 20.1 Å². The van der Waals surface area contributed by atoms with E-state index < -0.39 is 16.7 Å². The normalized spacial score (nSPS) is 11.2. The van der Waals surface area contributed by atoms with Crippen LogP contribution >= 0.6 is 0 Å². The second-order valence-corrected chi connectivity index (χ2v) is 10.5. The fraction of sp³-hybridized carbons (Fsp3) is 0.226. The van der Waals surface area contributed by atoms with Gasteiger partial charge in [0.25, 0.3) is 5.91 Å². The molecule has 4 aromatic heterocycles. The van der Waals surface area contributed by atoms with Crippen molar-refractivity contribution in [2.45, 2.75) is 40.0 Å². The monoisotopic (exact) mass is 544 g/mol. The van der Waals surface area contributed by atoms with E-state index in [0.29, 0.717) is 28.5 Å². The lowest BCUT2D eigenvalue weighted by molar-refractivity contribution is -0.121. The fourth-order valence-electron chi connectivity index (χ4n) is 3.81. The van der Waals surface area contributed by atoms with Crippen LogP contribution in [0.5, 0.6) is 0 Å². The van der Waals surface area contributed by atoms with Crippen molar-refractivity contribution in [2.24, 2.45) is 5.41 Å². The molecule has 0 aliphatic heterocycles. The Labute approximate surface area is 238 Å². The van der Waals surface area contributed by atoms with Gasteiger partial charge in [-0.2, -0.15) is 10.5 Å². The average Bonchev–Trinajstić information content (AvgIpc) is 2.98. The van der Waals surface area contributed by atoms with Crippen LogP contribution in [0, 0.1) is 35.0 Å². The van der Waals surface area contributed by atoms with Gasteiger partial charge in [0.05, 0.1) is 40.8 Å². The molecule has 41 heavy (non-hydrogen) atoms. The third-order valence-corrected chi connectivity index (χ3v) is 6.50. The molecule has 0 radical (unpaired) electrons. The molecule has 2 amide bonds. The minimum atomic E-state index is -1.20. The Morgan fingerprint density at radius 2 is 1.51 bits per heavy atom. The zero-order chi connectivity index (χ0) is 29.8. The molecule has 0 aromatic carbocycles. The van der Waals surface area contributed by atoms with Crippen LogP contribution in [0.1, 0.15) is 49.4 Å². The van der Waals surface area contributed by atoms with Crippen molar-refractivity contribution in [3.8, 4) is 34.5 Å². The molecule has 204 valence electrons. The van der Waals surface area contributed by atoms with E-state index in [0.717, 1.165) is 22.4 Å². The first-order chi connectivity index (χ1) is 19.4. The number of carbonyl (C=O) groups excluding carboxylic acids is 2. The van der Waals surface area contributed by atoms with E-state index in [-0.39, 0.29) is 5.91 Å². The maximum absolute atomic E-state index is 13.0. The highest BCUT2D eigenvalue weighted by Crippen LogP contribution is 2.29. The number of rotatable bonds is 7. The summed E-state index contributed by atoms with van der Waals surface area (Å²) in [6.07, 6.45) is 6.33. The topological polar surface area (TPSA) is 157 Å². The van der Waals surface area contributed by atoms with Crippen LogP contribution in [0.4, 0.5) is 11.5 Å². The summed E-state index contributed by atoms with van der Waals surface area (Å²) in [5.74, 6) is -0.493. The van der Waals surface area contributed by atoms with Crippen LogP contribution in [-0.2, 0) is 10.2 Å². The summed E-state index contributed by atoms with van der Waals surface area (Å²) >= 11 is 0. The molecule has 10 heteroatoms. The van der Waals surface area contributed by atoms with E-state index >= 15 is 0 Å². The molecule has 0 fully saturated rings. The maximum Gasteiger partial charge on any atom is 0.255 e. The molecule has 0 aliphatic carbocycles. The lowest BCUT2D eigenvalue weighted by atomic mass is 9.90. The molecule has 10 nitrogen and oxygen atoms in total. The molecule has 4 aromatic rings. The van der Waals surface area contributed by atoms with Crippen molar-refractivity contribution in [1.29, 1.82) is 10.5 Å². The second kappa shape index (κ2) is 11.3. The number of nitrogens with zero attached hydrogens (tertiary/aromatic N) is 6. The minimum Gasteiger partial charge on any atom is -0.321 e. The molecule has 4 rings (SSSR count). The summed E-state index contributed by atoms with van der Waals surface area (Å²) in [6.45, 7) is 8.43. The number of anilines is 2. The molecule has 0 saturated carbocycles. The minimum absolute atomic E-state index is 0.308. The number of hydrogen-bond acceptors (Lipinski definition) is 8. The van der Waals surface area contributed by atoms with Crippen LogP contribution in [0.25, 0.3) is 22.4 Å². The number of amides is 2. The number of aromatic nitrogens is 4. The first-order valence-electron chi connectivity index (χ1n) is 12.7. The van der Waals surface area contributed by atoms with Crippen LogP contribution in [0.15, 0.2) is 67.3 Å². The third-order valence-electron chi connectivity index (χ3n) is 6.50. The molecule has 0 spiro atoms. The predicted molar refractivity (Wildman–Crippen MR) is 154 cm³/mol. The highest BCUT2D eigenvalue weighted by molar-refractivity contribution is 6.04. The van der Waals surface area contributed by atoms with Crippen molar-refractivity contribution in [2.75, 3.05) is 10.6 Å². The highest BCUT2D eigenvalue weighted by atomic mass is 16.2. The molecule has 0 bridgehead atoms. The van der Waals surface area contributed by atoms with E-state index in [1.165, 1.54) is 20.0 Å². The molecule has 0 aliphatic rings. The van der Waals surface area contributed by atoms with Gasteiger partial charge in [0, 0.05) is 41.0 Å². The number of hydrogen-bond donors (Lipinski definition) is 2. The van der Waals surface area contributed by atoms with Crippen LogP contribution < -0.4 is 10.6 Å². The molecule has 0 atom stereocenters. The summed E-state index contributed by atoms with van der Waals surface area (Å²) in [5.41, 5.74) is 3.09. The molecular formula is C31H28N8O2. The Morgan fingerprint density at radius 1 is 0.805 bits per heavy atom. The average molecular weight is 545 g/mol. The number of aryl methyl sites for hydroxylation is 1. The Bertz CT molecular complexity index is 1730. The molecule has 0 unspecified atom stereocenters. The van der Waals surface area contributed by atoms with Crippen molar-refractivity contribution in [3.05, 3.63) is 84.2 Å². The lowest BCUT2D eigenvalue weighted by Crippen LogP contribution is -2.29. The predicted octanol–water partition coefficient (Wildman–Crippen LogP) is 5.45. The van der Waals surface area contributed by atoms with Gasteiger partial charge >= 0.3 is 0 Å². The molecular weight excluding hydrogens is 516 g/mol. The number of nitrogens with one attached hydrogen (secondary N) is 2. The first kappa shape index (κ1) is 28.5. The largest absolute Gasteiger partial charge is 0.321 e. The summed E-state index contributed by atoms with van der Waals surface area (Å²) in [6, 6.07) is 16.4. The van der Waals surface area contributed by atoms with E-state index in [4.69, 9.17) is 0 Å². The van der Waals surface area contributed by atoms with Crippen LogP contribution in [0.3, 0.4) is 0 Å². The summed E-state index contributed by atoms with van der Waals surface area (Å²) in [7, 11) is 0. The zero-order valence-electron chi connectivity index (χ0n) is 23.4. The van der Waals surface area contributed by atoms with E-state index in [1.807, 2.05) is 31.2 Å². The highest BCUT2D eigenvalue weighted by Gasteiger charge is 2.27. The lowest BCUT2D eigenvalue weighted by Gasteiger charge is -2.15. The Balaban J connectivity index is 1.59. The van der Waals surface area contributed by atoms with Crippen LogP contribution in [0.2, 0.25) is 0 Å². The van der Waals surface area contributed by atoms with Gasteiger partial charge in [-0.05, 0) is 82.6 Å². The summed E-state index contributed by atoms with van der Waals surface area (Å²) < 4.78 is 0. The van der Waals surface area contributed by atoms with Crippen molar-refractivity contribution in [3.63, 3.8) is 0 Å². The summed E-state index contributed by atoms with van der Waals surface area (Å²) in [4.78, 5) is 42.9. The van der Waals surface area contributed by atoms with Gasteiger partial charge in [0.1, 0.15) is 11.2 Å². The second-order valence-electron chi connectivity index (χ2n) is 10.5. The molecule has 4 heterocycles. The quantitative estimate of drug-likeness (QED) is 0.311. The van der Waals surface area contributed by atoms with Crippen LogP contribution in [-0.4, -0.2) is 31.8 Å². The zero-order valence-corrected chi connectivity index (χ0v) is 23.4. The Kier molecular flexibility index (Phi) is 7.88. The van der Waals surface area contributed by atoms with Gasteiger partial charge in [0.15, 0.2) is 0 Å². The van der Waals surface area contributed by atoms with Gasteiger partial charge in [0.2, 0.25) is 5.91 Å². The first-order valence-corrected chi connectivity index (χ1v) is 12.7. The number of pyridine rings is 4. The molecule has 0 saturated heterocycles. The Morgan fingerprint density at radius 3 is 2.24 bits per heavy atom. The van der Waals surface area contributed by atoms with Gasteiger partial charge in [-0.15, -0.1) is 0 Å². The smallest absolute Gasteiger partial charge is 0.255 e. The van der Waals surface area contributed by atoms with Crippen molar-refractivity contribution >= 4 is 23.3 Å². The van der Waals surface area contributed by atoms with Crippen molar-refractivity contribution in [1.82, 2.24) is 19.9 Å².